The molecule has 0 saturated heterocycles. The van der Waals surface area contributed by atoms with E-state index in [0.29, 0.717) is 5.56 Å². The first kappa shape index (κ1) is 25.2. The van der Waals surface area contributed by atoms with Crippen molar-refractivity contribution in [3.05, 3.63) is 89.3 Å². The number of halogens is 2. The third kappa shape index (κ3) is 6.85. The molecule has 0 aliphatic heterocycles. The van der Waals surface area contributed by atoms with Gasteiger partial charge in [-0.1, -0.05) is 86.9 Å². The van der Waals surface area contributed by atoms with Crippen LogP contribution in [0.1, 0.15) is 100 Å². The van der Waals surface area contributed by atoms with Crippen LogP contribution in [0.2, 0.25) is 0 Å². The van der Waals surface area contributed by atoms with Crippen LogP contribution in [0.15, 0.2) is 66.8 Å². The zero-order valence-electron chi connectivity index (χ0n) is 20.7. The van der Waals surface area contributed by atoms with Gasteiger partial charge in [0.1, 0.15) is 5.82 Å². The van der Waals surface area contributed by atoms with Crippen molar-refractivity contribution in [2.75, 3.05) is 0 Å². The lowest BCUT2D eigenvalue weighted by Crippen LogP contribution is -2.22. The molecule has 182 valence electrons. The summed E-state index contributed by atoms with van der Waals surface area (Å²) >= 11 is 6.95. The summed E-state index contributed by atoms with van der Waals surface area (Å²) in [4.78, 5) is -0.321. The number of aryl methyl sites for hydroxylation is 1. The zero-order valence-corrected chi connectivity index (χ0v) is 21.5. The van der Waals surface area contributed by atoms with Crippen molar-refractivity contribution in [3.63, 3.8) is 0 Å². The van der Waals surface area contributed by atoms with Gasteiger partial charge in [0.15, 0.2) is 0 Å². The summed E-state index contributed by atoms with van der Waals surface area (Å²) in [6, 6.07) is 16.5. The second kappa shape index (κ2) is 12.2. The Morgan fingerprint density at radius 1 is 0.941 bits per heavy atom. The fraction of sp³-hybridized carbons (Fsp3) is 0.500. The summed E-state index contributed by atoms with van der Waals surface area (Å²) in [5, 5.41) is 0. The van der Waals surface area contributed by atoms with E-state index in [1.807, 2.05) is 18.2 Å². The fourth-order valence-electron chi connectivity index (χ4n) is 5.68. The number of hydrogen-bond acceptors (Lipinski definition) is 0. The maximum absolute atomic E-state index is 14.1. The molecular weight excluding hydrogens is 439 g/mol. The van der Waals surface area contributed by atoms with Crippen LogP contribution in [0.25, 0.3) is 5.57 Å². The highest BCUT2D eigenvalue weighted by molar-refractivity contribution is 6.25. The van der Waals surface area contributed by atoms with Crippen LogP contribution in [0, 0.1) is 11.7 Å². The summed E-state index contributed by atoms with van der Waals surface area (Å²) < 4.78 is 14.1. The van der Waals surface area contributed by atoms with E-state index < -0.39 is 0 Å². The summed E-state index contributed by atoms with van der Waals surface area (Å²) in [5.74, 6) is 1.32. The highest BCUT2D eigenvalue weighted by atomic mass is 35.5. The Labute approximate surface area is 211 Å². The SMILES string of the molecule is CCCCCCc1ccc(C2CCC(CCC3(Cl)C=CC(c4ccccc4F)=CC3)CC2)cc1. The lowest BCUT2D eigenvalue weighted by molar-refractivity contribution is 0.298. The van der Waals surface area contributed by atoms with Crippen LogP contribution in [-0.4, -0.2) is 4.87 Å². The van der Waals surface area contributed by atoms with E-state index in [2.05, 4.69) is 43.3 Å². The van der Waals surface area contributed by atoms with E-state index in [1.165, 1.54) is 81.4 Å². The van der Waals surface area contributed by atoms with Gasteiger partial charge < -0.3 is 0 Å². The van der Waals surface area contributed by atoms with Gasteiger partial charge in [0.25, 0.3) is 0 Å². The van der Waals surface area contributed by atoms with Crippen LogP contribution < -0.4 is 0 Å². The van der Waals surface area contributed by atoms with Gasteiger partial charge in [0.05, 0.1) is 4.87 Å². The van der Waals surface area contributed by atoms with Gasteiger partial charge in [0.2, 0.25) is 0 Å². The smallest absolute Gasteiger partial charge is 0.131 e. The molecule has 0 radical (unpaired) electrons. The Morgan fingerprint density at radius 3 is 2.38 bits per heavy atom. The van der Waals surface area contributed by atoms with Gasteiger partial charge in [-0.2, -0.15) is 0 Å². The number of allylic oxidation sites excluding steroid dienone is 4. The molecular formula is C32H40ClF. The Kier molecular flexibility index (Phi) is 9.06. The molecule has 0 nitrogen and oxygen atoms in total. The molecule has 1 fully saturated rings. The minimum Gasteiger partial charge on any atom is -0.206 e. The zero-order chi connectivity index (χ0) is 23.8. The maximum Gasteiger partial charge on any atom is 0.131 e. The Balaban J connectivity index is 1.20. The van der Waals surface area contributed by atoms with Crippen molar-refractivity contribution in [1.29, 1.82) is 0 Å². The second-order valence-corrected chi connectivity index (χ2v) is 11.3. The lowest BCUT2D eigenvalue weighted by atomic mass is 9.76. The molecule has 1 unspecified atom stereocenters. The normalized spacial score (nSPS) is 24.7. The highest BCUT2D eigenvalue weighted by Crippen LogP contribution is 2.41. The molecule has 1 saturated carbocycles. The van der Waals surface area contributed by atoms with E-state index in [9.17, 15) is 4.39 Å². The Hall–Kier alpha value is -1.86. The fourth-order valence-corrected chi connectivity index (χ4v) is 5.93. The number of benzene rings is 2. The van der Waals surface area contributed by atoms with Crippen molar-refractivity contribution in [1.82, 2.24) is 0 Å². The molecule has 1 atom stereocenters. The first-order valence-electron chi connectivity index (χ1n) is 13.5. The van der Waals surface area contributed by atoms with Gasteiger partial charge in [-0.3, -0.25) is 0 Å². The lowest BCUT2D eigenvalue weighted by Gasteiger charge is -2.32. The molecule has 0 spiro atoms. The molecule has 0 heterocycles. The van der Waals surface area contributed by atoms with E-state index in [1.54, 1.807) is 6.07 Å². The van der Waals surface area contributed by atoms with Crippen LogP contribution in [-0.2, 0) is 6.42 Å². The van der Waals surface area contributed by atoms with Crippen LogP contribution in [0.4, 0.5) is 4.39 Å². The molecule has 0 aromatic heterocycles. The van der Waals surface area contributed by atoms with E-state index in [4.69, 9.17) is 11.6 Å². The Bertz CT molecular complexity index is 965. The molecule has 4 rings (SSSR count). The molecule has 2 aromatic carbocycles. The quantitative estimate of drug-likeness (QED) is 0.235. The minimum absolute atomic E-state index is 0.168. The monoisotopic (exact) mass is 478 g/mol. The van der Waals surface area contributed by atoms with Crippen LogP contribution in [0.5, 0.6) is 0 Å². The summed E-state index contributed by atoms with van der Waals surface area (Å²) in [7, 11) is 0. The summed E-state index contributed by atoms with van der Waals surface area (Å²) in [6.07, 6.45) is 20.9. The number of hydrogen-bond donors (Lipinski definition) is 0. The third-order valence-corrected chi connectivity index (χ3v) is 8.46. The second-order valence-electron chi connectivity index (χ2n) is 10.5. The van der Waals surface area contributed by atoms with Crippen molar-refractivity contribution in [3.8, 4) is 0 Å². The van der Waals surface area contributed by atoms with Gasteiger partial charge in [-0.25, -0.2) is 4.39 Å². The van der Waals surface area contributed by atoms with Crippen LogP contribution in [0.3, 0.4) is 0 Å². The van der Waals surface area contributed by atoms with Crippen molar-refractivity contribution < 1.29 is 4.39 Å². The summed E-state index contributed by atoms with van der Waals surface area (Å²) in [5.41, 5.74) is 4.64. The van der Waals surface area contributed by atoms with E-state index in [-0.39, 0.29) is 10.7 Å². The standard InChI is InChI=1S/C32H40ClF/c1-2-3-4-5-8-25-11-15-27(16-12-25)28-17-13-26(14-18-28)19-22-32(33)23-20-29(21-24-32)30-9-6-7-10-31(30)34/h6-7,9-12,15-16,20-21,23,26,28H,2-5,8,13-14,17-19,22,24H2,1H3. The summed E-state index contributed by atoms with van der Waals surface area (Å²) in [6.45, 7) is 2.27. The largest absolute Gasteiger partial charge is 0.206 e. The first-order chi connectivity index (χ1) is 16.6. The molecule has 34 heavy (non-hydrogen) atoms. The van der Waals surface area contributed by atoms with E-state index in [0.717, 1.165) is 30.3 Å². The predicted octanol–water partition coefficient (Wildman–Crippen LogP) is 10.0. The van der Waals surface area contributed by atoms with Gasteiger partial charge >= 0.3 is 0 Å². The third-order valence-electron chi connectivity index (χ3n) is 7.99. The van der Waals surface area contributed by atoms with Crippen molar-refractivity contribution >= 4 is 17.2 Å². The Morgan fingerprint density at radius 2 is 1.71 bits per heavy atom. The minimum atomic E-state index is -0.321. The molecule has 2 aliphatic rings. The first-order valence-corrected chi connectivity index (χ1v) is 13.9. The average Bonchev–Trinajstić information content (AvgIpc) is 2.87. The highest BCUT2D eigenvalue weighted by Gasteiger charge is 2.29. The molecule has 2 aliphatic carbocycles. The van der Waals surface area contributed by atoms with Crippen molar-refractivity contribution in [2.24, 2.45) is 5.92 Å². The number of rotatable bonds is 10. The molecule has 0 amide bonds. The maximum atomic E-state index is 14.1. The molecule has 0 N–H and O–H groups in total. The van der Waals surface area contributed by atoms with Gasteiger partial charge in [-0.15, -0.1) is 11.6 Å². The number of unbranched alkanes of at least 4 members (excludes halogenated alkanes) is 3. The topological polar surface area (TPSA) is 0 Å². The van der Waals surface area contributed by atoms with Crippen LogP contribution >= 0.6 is 11.6 Å². The van der Waals surface area contributed by atoms with Gasteiger partial charge in [0, 0.05) is 5.56 Å². The molecule has 0 bridgehead atoms. The van der Waals surface area contributed by atoms with E-state index >= 15 is 0 Å². The van der Waals surface area contributed by atoms with Gasteiger partial charge in [-0.05, 0) is 92.4 Å². The van der Waals surface area contributed by atoms with Crippen molar-refractivity contribution in [2.45, 2.75) is 94.8 Å². The predicted molar refractivity (Wildman–Crippen MR) is 145 cm³/mol. The molecule has 2 heteroatoms. The molecule has 2 aromatic rings. The number of alkyl halides is 1. The average molecular weight is 479 g/mol.